The number of amides is 4. The fraction of sp³-hybridized carbons (Fsp3) is 0.143. The Bertz CT molecular complexity index is 1400. The van der Waals surface area contributed by atoms with E-state index in [9.17, 15) is 19.2 Å². The summed E-state index contributed by atoms with van der Waals surface area (Å²) in [6.45, 7) is 0.0486. The molecule has 1 aromatic heterocycles. The Balaban J connectivity index is 1.56. The van der Waals surface area contributed by atoms with Gasteiger partial charge in [0.25, 0.3) is 11.8 Å². The first-order chi connectivity index (χ1) is 14.8. The maximum absolute atomic E-state index is 13.1. The van der Waals surface area contributed by atoms with Gasteiger partial charge in [-0.15, -0.1) is 0 Å². The van der Waals surface area contributed by atoms with Crippen LogP contribution in [0.5, 0.6) is 11.5 Å². The minimum absolute atomic E-state index is 0.0486. The second kappa shape index (κ2) is 6.59. The highest BCUT2D eigenvalue weighted by Crippen LogP contribution is 2.36. The van der Waals surface area contributed by atoms with Crippen LogP contribution in [0.3, 0.4) is 0 Å². The van der Waals surface area contributed by atoms with E-state index in [1.807, 2.05) is 0 Å². The summed E-state index contributed by atoms with van der Waals surface area (Å²) in [5.41, 5.74) is 1.74. The summed E-state index contributed by atoms with van der Waals surface area (Å²) in [5.74, 6) is -0.665. The van der Waals surface area contributed by atoms with E-state index in [1.165, 1.54) is 27.3 Å². The van der Waals surface area contributed by atoms with E-state index >= 15 is 0 Å². The number of anilines is 1. The lowest BCUT2D eigenvalue weighted by Gasteiger charge is -2.26. The fourth-order valence-corrected chi connectivity index (χ4v) is 3.70. The number of aromatic nitrogens is 2. The third-order valence-corrected chi connectivity index (χ3v) is 5.32. The van der Waals surface area contributed by atoms with Gasteiger partial charge >= 0.3 is 11.7 Å². The topological polar surface area (TPSA) is 112 Å². The molecule has 0 radical (unpaired) electrons. The third-order valence-electron chi connectivity index (χ3n) is 5.32. The quantitative estimate of drug-likeness (QED) is 0.494. The van der Waals surface area contributed by atoms with Crippen LogP contribution in [0.4, 0.5) is 10.5 Å². The number of carbonyl (C=O) groups excluding carboxylic acids is 3. The Morgan fingerprint density at radius 1 is 0.903 bits per heavy atom. The van der Waals surface area contributed by atoms with E-state index in [0.29, 0.717) is 28.1 Å². The van der Waals surface area contributed by atoms with Crippen molar-refractivity contribution < 1.29 is 23.9 Å². The molecular formula is C21H16N4O6. The molecule has 2 aliphatic heterocycles. The summed E-state index contributed by atoms with van der Waals surface area (Å²) in [6, 6.07) is 8.88. The maximum atomic E-state index is 13.1. The molecule has 4 amide bonds. The average Bonchev–Trinajstić information content (AvgIpc) is 3.30. The summed E-state index contributed by atoms with van der Waals surface area (Å²) in [5, 5.41) is 2.19. The Labute approximate surface area is 174 Å². The van der Waals surface area contributed by atoms with Gasteiger partial charge in [0.1, 0.15) is 5.57 Å². The van der Waals surface area contributed by atoms with Crippen LogP contribution in [-0.2, 0) is 23.7 Å². The molecule has 31 heavy (non-hydrogen) atoms. The molecule has 2 aromatic carbocycles. The van der Waals surface area contributed by atoms with E-state index < -0.39 is 17.8 Å². The van der Waals surface area contributed by atoms with Gasteiger partial charge in [0, 0.05) is 20.2 Å². The van der Waals surface area contributed by atoms with Crippen molar-refractivity contribution in [2.45, 2.75) is 0 Å². The number of hydrogen-bond donors (Lipinski definition) is 1. The first-order valence-corrected chi connectivity index (χ1v) is 9.32. The van der Waals surface area contributed by atoms with E-state index in [4.69, 9.17) is 9.47 Å². The molecule has 2 aliphatic rings. The molecule has 0 atom stereocenters. The van der Waals surface area contributed by atoms with Gasteiger partial charge in [-0.1, -0.05) is 6.07 Å². The van der Waals surface area contributed by atoms with E-state index in [0.717, 1.165) is 4.90 Å². The van der Waals surface area contributed by atoms with Gasteiger partial charge in [-0.3, -0.25) is 24.0 Å². The van der Waals surface area contributed by atoms with Crippen molar-refractivity contribution in [2.75, 3.05) is 11.7 Å². The lowest BCUT2D eigenvalue weighted by molar-refractivity contribution is -0.122. The molecule has 0 saturated carbocycles. The van der Waals surface area contributed by atoms with Gasteiger partial charge in [-0.05, 0) is 35.9 Å². The molecule has 0 bridgehead atoms. The number of carbonyl (C=O) groups is 3. The molecule has 0 unspecified atom stereocenters. The highest BCUT2D eigenvalue weighted by Gasteiger charge is 2.37. The van der Waals surface area contributed by atoms with E-state index in [1.54, 1.807) is 38.4 Å². The van der Waals surface area contributed by atoms with Gasteiger partial charge in [0.15, 0.2) is 11.5 Å². The van der Waals surface area contributed by atoms with Crippen molar-refractivity contribution in [3.63, 3.8) is 0 Å². The number of aryl methyl sites for hydroxylation is 2. The van der Waals surface area contributed by atoms with E-state index in [-0.39, 0.29) is 23.7 Å². The van der Waals surface area contributed by atoms with Crippen LogP contribution in [0.2, 0.25) is 0 Å². The SMILES string of the molecule is Cn1c(=O)n(C)c2cc(/C=C3\C(=O)NC(=O)N(c4ccc5c(c4)OCO5)C3=O)ccc21. The smallest absolute Gasteiger partial charge is 0.335 e. The van der Waals surface area contributed by atoms with Crippen molar-refractivity contribution in [3.8, 4) is 11.5 Å². The van der Waals surface area contributed by atoms with Crippen LogP contribution in [0.25, 0.3) is 17.1 Å². The lowest BCUT2D eigenvalue weighted by atomic mass is 10.1. The number of urea groups is 1. The average molecular weight is 420 g/mol. The van der Waals surface area contributed by atoms with Gasteiger partial charge < -0.3 is 9.47 Å². The molecule has 1 fully saturated rings. The van der Waals surface area contributed by atoms with Crippen LogP contribution in [0, 0.1) is 0 Å². The molecule has 1 saturated heterocycles. The number of imide groups is 2. The first kappa shape index (κ1) is 18.7. The first-order valence-electron chi connectivity index (χ1n) is 9.32. The number of barbiturate groups is 1. The maximum Gasteiger partial charge on any atom is 0.335 e. The summed E-state index contributed by atoms with van der Waals surface area (Å²) in [6.07, 6.45) is 1.39. The predicted molar refractivity (Wildman–Crippen MR) is 110 cm³/mol. The summed E-state index contributed by atoms with van der Waals surface area (Å²) in [4.78, 5) is 50.9. The van der Waals surface area contributed by atoms with Crippen LogP contribution >= 0.6 is 0 Å². The molecule has 1 N–H and O–H groups in total. The number of ether oxygens (including phenoxy) is 2. The zero-order chi connectivity index (χ0) is 21.9. The highest BCUT2D eigenvalue weighted by molar-refractivity contribution is 6.39. The number of benzene rings is 2. The Hall–Kier alpha value is -4.34. The van der Waals surface area contributed by atoms with E-state index in [2.05, 4.69) is 5.32 Å². The second-order valence-electron chi connectivity index (χ2n) is 7.14. The summed E-state index contributed by atoms with van der Waals surface area (Å²) < 4.78 is 13.5. The summed E-state index contributed by atoms with van der Waals surface area (Å²) in [7, 11) is 3.30. The second-order valence-corrected chi connectivity index (χ2v) is 7.14. The van der Waals surface area contributed by atoms with Crippen LogP contribution in [0.1, 0.15) is 5.56 Å². The minimum Gasteiger partial charge on any atom is -0.454 e. The standard InChI is InChI=1S/C21H16N4O6/c1-23-14-5-3-11(8-15(14)24(2)21(23)29)7-13-18(26)22-20(28)25(19(13)27)12-4-6-16-17(9-12)31-10-30-16/h3-9H,10H2,1-2H3,(H,22,26,28)/b13-7+. The molecule has 3 aromatic rings. The van der Waals surface area contributed by atoms with Gasteiger partial charge in [0.05, 0.1) is 16.7 Å². The van der Waals surface area contributed by atoms with Crippen LogP contribution in [0.15, 0.2) is 46.8 Å². The van der Waals surface area contributed by atoms with Crippen molar-refractivity contribution >= 4 is 40.6 Å². The van der Waals surface area contributed by atoms with Gasteiger partial charge in [0.2, 0.25) is 6.79 Å². The minimum atomic E-state index is -0.855. The summed E-state index contributed by atoms with van der Waals surface area (Å²) >= 11 is 0. The molecular weight excluding hydrogens is 404 g/mol. The normalized spacial score (nSPS) is 17.0. The van der Waals surface area contributed by atoms with Crippen molar-refractivity contribution in [1.29, 1.82) is 0 Å². The zero-order valence-corrected chi connectivity index (χ0v) is 16.5. The Morgan fingerprint density at radius 2 is 1.65 bits per heavy atom. The lowest BCUT2D eigenvalue weighted by Crippen LogP contribution is -2.54. The van der Waals surface area contributed by atoms with Crippen molar-refractivity contribution in [1.82, 2.24) is 14.5 Å². The number of rotatable bonds is 2. The predicted octanol–water partition coefficient (Wildman–Crippen LogP) is 1.27. The largest absolute Gasteiger partial charge is 0.454 e. The molecule has 0 aliphatic carbocycles. The van der Waals surface area contributed by atoms with Crippen molar-refractivity contribution in [2.24, 2.45) is 14.1 Å². The van der Waals surface area contributed by atoms with Crippen molar-refractivity contribution in [3.05, 3.63) is 58.0 Å². The Morgan fingerprint density at radius 3 is 2.45 bits per heavy atom. The number of fused-ring (bicyclic) bond motifs is 2. The van der Waals surface area contributed by atoms with Gasteiger partial charge in [-0.2, -0.15) is 0 Å². The molecule has 5 rings (SSSR count). The van der Waals surface area contributed by atoms with Gasteiger partial charge in [-0.25, -0.2) is 14.5 Å². The third kappa shape index (κ3) is 2.80. The number of hydrogen-bond acceptors (Lipinski definition) is 6. The van der Waals surface area contributed by atoms with Crippen LogP contribution in [-0.4, -0.2) is 33.8 Å². The number of imidazole rings is 1. The molecule has 10 heteroatoms. The molecule has 3 heterocycles. The molecule has 156 valence electrons. The molecule has 10 nitrogen and oxygen atoms in total. The van der Waals surface area contributed by atoms with Crippen LogP contribution < -0.4 is 25.4 Å². The Kier molecular flexibility index (Phi) is 3.97. The number of nitrogens with one attached hydrogen (secondary N) is 1. The number of nitrogens with zero attached hydrogens (tertiary/aromatic N) is 3. The molecule has 0 spiro atoms. The monoisotopic (exact) mass is 420 g/mol. The zero-order valence-electron chi connectivity index (χ0n) is 16.5. The fourth-order valence-electron chi connectivity index (χ4n) is 3.70. The highest BCUT2D eigenvalue weighted by atomic mass is 16.7.